The van der Waals surface area contributed by atoms with Crippen LogP contribution < -0.4 is 15.4 Å². The molecule has 128 valence electrons. The number of sulfonamides is 1. The van der Waals surface area contributed by atoms with E-state index in [1.165, 1.54) is 19.1 Å². The number of amides is 3. The largest absolute Gasteiger partial charge is 0.338 e. The number of nitrogens with one attached hydrogen (secondary N) is 3. The summed E-state index contributed by atoms with van der Waals surface area (Å²) in [5.74, 6) is 0.470. The van der Waals surface area contributed by atoms with Crippen LogP contribution in [0.4, 0.5) is 4.79 Å². The van der Waals surface area contributed by atoms with E-state index in [-0.39, 0.29) is 0 Å². The normalized spacial score (nSPS) is 19.5. The van der Waals surface area contributed by atoms with Crippen LogP contribution in [0.2, 0.25) is 0 Å². The van der Waals surface area contributed by atoms with Crippen LogP contribution in [0.1, 0.15) is 32.6 Å². The molecule has 22 heavy (non-hydrogen) atoms. The summed E-state index contributed by atoms with van der Waals surface area (Å²) < 4.78 is 23.7. The van der Waals surface area contributed by atoms with Crippen molar-refractivity contribution in [2.24, 2.45) is 0 Å². The molecule has 3 N–H and O–H groups in total. The minimum Gasteiger partial charge on any atom is -0.338 e. The summed E-state index contributed by atoms with van der Waals surface area (Å²) in [6.07, 6.45) is 5.25. The molecule has 1 aliphatic rings. The molecule has 7 nitrogen and oxygen atoms in total. The summed E-state index contributed by atoms with van der Waals surface area (Å²) in [4.78, 5) is 23.1. The van der Waals surface area contributed by atoms with Gasteiger partial charge < -0.3 is 10.6 Å². The third-order valence-corrected chi connectivity index (χ3v) is 6.57. The number of rotatable bonds is 8. The molecule has 10 heteroatoms. The maximum atomic E-state index is 11.6. The predicted molar refractivity (Wildman–Crippen MR) is 91.3 cm³/mol. The quantitative estimate of drug-likeness (QED) is 0.437. The average Bonchev–Trinajstić information content (AvgIpc) is 2.89. The Balaban J connectivity index is 2.10. The van der Waals surface area contributed by atoms with Crippen LogP contribution in [0, 0.1) is 0 Å². The molecule has 1 fully saturated rings. The minimum atomic E-state index is -3.61. The van der Waals surface area contributed by atoms with Gasteiger partial charge in [0.1, 0.15) is 6.04 Å². The first-order chi connectivity index (χ1) is 10.3. The van der Waals surface area contributed by atoms with E-state index in [0.717, 1.165) is 30.8 Å². The van der Waals surface area contributed by atoms with E-state index in [4.69, 9.17) is 0 Å². The molecule has 1 aliphatic heterocycles. The van der Waals surface area contributed by atoms with Crippen molar-refractivity contribution in [2.75, 3.05) is 18.6 Å². The first-order valence-electron chi connectivity index (χ1n) is 7.12. The van der Waals surface area contributed by atoms with Crippen molar-refractivity contribution in [3.05, 3.63) is 0 Å². The van der Waals surface area contributed by atoms with Crippen molar-refractivity contribution >= 4 is 43.5 Å². The first-order valence-corrected chi connectivity index (χ1v) is 11.4. The number of unbranched alkanes of at least 4 members (excludes halogenated alkanes) is 1. The first kappa shape index (κ1) is 19.4. The van der Waals surface area contributed by atoms with Crippen molar-refractivity contribution in [2.45, 2.75) is 43.9 Å². The maximum Gasteiger partial charge on any atom is 0.315 e. The minimum absolute atomic E-state index is 0.470. The molecule has 0 aliphatic carbocycles. The molecule has 0 bridgehead atoms. The highest BCUT2D eigenvalue weighted by Gasteiger charge is 2.18. The zero-order valence-corrected chi connectivity index (χ0v) is 15.2. The van der Waals surface area contributed by atoms with E-state index in [1.807, 2.05) is 26.3 Å². The van der Waals surface area contributed by atoms with Gasteiger partial charge in [0.05, 0.1) is 6.26 Å². The molecule has 0 aromatic carbocycles. The zero-order chi connectivity index (χ0) is 16.6. The SMILES string of the molecule is C[C@@H](NC(=O)NCCCCC1CCSS1)C(=O)NS(C)(=O)=O. The van der Waals surface area contributed by atoms with E-state index in [9.17, 15) is 18.0 Å². The van der Waals surface area contributed by atoms with Crippen molar-refractivity contribution < 1.29 is 18.0 Å². The van der Waals surface area contributed by atoms with Crippen molar-refractivity contribution in [3.8, 4) is 0 Å². The number of hydrogen-bond acceptors (Lipinski definition) is 6. The Morgan fingerprint density at radius 2 is 2.05 bits per heavy atom. The molecular weight excluding hydrogens is 346 g/mol. The second-order valence-electron chi connectivity index (χ2n) is 5.19. The summed E-state index contributed by atoms with van der Waals surface area (Å²) in [6.45, 7) is 1.96. The van der Waals surface area contributed by atoms with Crippen LogP contribution in [0.3, 0.4) is 0 Å². The van der Waals surface area contributed by atoms with E-state index in [2.05, 4.69) is 10.6 Å². The maximum absolute atomic E-state index is 11.6. The molecule has 0 spiro atoms. The highest BCUT2D eigenvalue weighted by molar-refractivity contribution is 8.77. The van der Waals surface area contributed by atoms with Gasteiger partial charge in [0.2, 0.25) is 10.0 Å². The summed E-state index contributed by atoms with van der Waals surface area (Å²) in [5, 5.41) is 5.80. The van der Waals surface area contributed by atoms with Crippen LogP contribution in [0.5, 0.6) is 0 Å². The highest BCUT2D eigenvalue weighted by atomic mass is 33.1. The predicted octanol–water partition coefficient (Wildman–Crippen LogP) is 1.07. The van der Waals surface area contributed by atoms with Crippen LogP contribution in [-0.4, -0.2) is 50.2 Å². The second kappa shape index (κ2) is 9.51. The summed E-state index contributed by atoms with van der Waals surface area (Å²) in [5.41, 5.74) is 0. The van der Waals surface area contributed by atoms with Gasteiger partial charge in [-0.05, 0) is 26.2 Å². The molecule has 1 saturated heterocycles. The molecule has 1 rings (SSSR count). The van der Waals surface area contributed by atoms with E-state index in [1.54, 1.807) is 0 Å². The Bertz CT molecular complexity index is 478. The summed E-state index contributed by atoms with van der Waals surface area (Å²) >= 11 is 0. The van der Waals surface area contributed by atoms with Gasteiger partial charge in [-0.15, -0.1) is 0 Å². The number of hydrogen-bond donors (Lipinski definition) is 3. The molecule has 2 atom stereocenters. The van der Waals surface area contributed by atoms with Gasteiger partial charge in [-0.2, -0.15) is 0 Å². The molecule has 1 unspecified atom stereocenters. The molecule has 0 radical (unpaired) electrons. The monoisotopic (exact) mass is 369 g/mol. The molecule has 3 amide bonds. The fourth-order valence-electron chi connectivity index (χ4n) is 1.85. The van der Waals surface area contributed by atoms with Gasteiger partial charge in [-0.1, -0.05) is 28.0 Å². The van der Waals surface area contributed by atoms with Crippen LogP contribution in [-0.2, 0) is 14.8 Å². The molecule has 0 saturated carbocycles. The molecule has 1 heterocycles. The van der Waals surface area contributed by atoms with Crippen LogP contribution in [0.25, 0.3) is 0 Å². The Kier molecular flexibility index (Phi) is 8.40. The zero-order valence-electron chi connectivity index (χ0n) is 12.8. The second-order valence-corrected chi connectivity index (χ2v) is 9.72. The van der Waals surface area contributed by atoms with Gasteiger partial charge >= 0.3 is 6.03 Å². The molecule has 0 aromatic heterocycles. The highest BCUT2D eigenvalue weighted by Crippen LogP contribution is 2.39. The lowest BCUT2D eigenvalue weighted by Gasteiger charge is -2.14. The molecule has 0 aromatic rings. The van der Waals surface area contributed by atoms with Crippen molar-refractivity contribution in [1.82, 2.24) is 15.4 Å². The lowest BCUT2D eigenvalue weighted by atomic mass is 10.1. The summed E-state index contributed by atoms with van der Waals surface area (Å²) in [7, 11) is 0.255. The van der Waals surface area contributed by atoms with E-state index in [0.29, 0.717) is 6.54 Å². The number of urea groups is 1. The molecular formula is C12H23N3O4S3. The fourth-order valence-corrected chi connectivity index (χ4v) is 5.42. The standard InChI is InChI=1S/C12H23N3O4S3/c1-9(11(16)15-22(2,18)19)14-12(17)13-7-4-3-5-10-6-8-20-21-10/h9-10H,3-8H2,1-2H3,(H,15,16)(H2,13,14,17)/t9-,10?/m1/s1. The van der Waals surface area contributed by atoms with Gasteiger partial charge in [-0.25, -0.2) is 13.2 Å². The van der Waals surface area contributed by atoms with E-state index >= 15 is 0 Å². The fraction of sp³-hybridized carbons (Fsp3) is 0.833. The Hall–Kier alpha value is -0.610. The van der Waals surface area contributed by atoms with Crippen LogP contribution >= 0.6 is 21.6 Å². The van der Waals surface area contributed by atoms with Crippen LogP contribution in [0.15, 0.2) is 0 Å². The van der Waals surface area contributed by atoms with Crippen molar-refractivity contribution in [1.29, 1.82) is 0 Å². The Labute approximate surface area is 139 Å². The third kappa shape index (κ3) is 8.74. The Morgan fingerprint density at radius 1 is 1.32 bits per heavy atom. The van der Waals surface area contributed by atoms with Gasteiger partial charge in [0.25, 0.3) is 5.91 Å². The Morgan fingerprint density at radius 3 is 2.64 bits per heavy atom. The summed E-state index contributed by atoms with van der Waals surface area (Å²) in [6, 6.07) is -1.39. The topological polar surface area (TPSA) is 104 Å². The lowest BCUT2D eigenvalue weighted by Crippen LogP contribution is -2.49. The third-order valence-electron chi connectivity index (χ3n) is 2.99. The van der Waals surface area contributed by atoms with E-state index < -0.39 is 28.0 Å². The van der Waals surface area contributed by atoms with Gasteiger partial charge in [0.15, 0.2) is 0 Å². The lowest BCUT2D eigenvalue weighted by molar-refractivity contribution is -0.120. The number of carbonyl (C=O) groups is 2. The van der Waals surface area contributed by atoms with Crippen molar-refractivity contribution in [3.63, 3.8) is 0 Å². The smallest absolute Gasteiger partial charge is 0.315 e. The number of carbonyl (C=O) groups excluding carboxylic acids is 2. The van der Waals surface area contributed by atoms with Gasteiger partial charge in [-0.3, -0.25) is 9.52 Å². The average molecular weight is 370 g/mol. The van der Waals surface area contributed by atoms with Gasteiger partial charge in [0, 0.05) is 17.5 Å².